The van der Waals surface area contributed by atoms with Crippen molar-refractivity contribution in [1.29, 1.82) is 0 Å². The summed E-state index contributed by atoms with van der Waals surface area (Å²) in [6.45, 7) is 4.13. The van der Waals surface area contributed by atoms with E-state index in [1.54, 1.807) is 6.26 Å². The molecule has 23 heavy (non-hydrogen) atoms. The van der Waals surface area contributed by atoms with Crippen molar-refractivity contribution < 1.29 is 4.42 Å². The molecule has 2 rings (SSSR count). The number of nitrogens with zero attached hydrogens (tertiary/aromatic N) is 2. The van der Waals surface area contributed by atoms with Crippen molar-refractivity contribution in [1.82, 2.24) is 10.6 Å². The molecule has 6 heteroatoms. The fraction of sp³-hybridized carbons (Fsp3) is 0.353. The Morgan fingerprint density at radius 1 is 1.17 bits per heavy atom. The predicted octanol–water partition coefficient (Wildman–Crippen LogP) is 3.22. The normalized spacial score (nSPS) is 10.8. The van der Waals surface area contributed by atoms with E-state index in [1.165, 1.54) is 11.3 Å². The minimum atomic E-state index is 0. The van der Waals surface area contributed by atoms with Crippen LogP contribution in [-0.2, 0) is 13.1 Å². The third-order valence-electron chi connectivity index (χ3n) is 3.20. The molecule has 0 amide bonds. The van der Waals surface area contributed by atoms with Gasteiger partial charge in [-0.2, -0.15) is 0 Å². The first kappa shape index (κ1) is 19.3. The molecule has 0 saturated carbocycles. The van der Waals surface area contributed by atoms with E-state index < -0.39 is 0 Å². The van der Waals surface area contributed by atoms with Gasteiger partial charge in [0.05, 0.1) is 19.4 Å². The zero-order chi connectivity index (χ0) is 15.8. The Bertz CT molecular complexity index is 596. The number of rotatable bonds is 6. The van der Waals surface area contributed by atoms with Crippen LogP contribution in [0.1, 0.15) is 18.2 Å². The van der Waals surface area contributed by atoms with E-state index in [2.05, 4.69) is 51.7 Å². The third kappa shape index (κ3) is 6.52. The Labute approximate surface area is 155 Å². The van der Waals surface area contributed by atoms with E-state index in [9.17, 15) is 0 Å². The van der Waals surface area contributed by atoms with E-state index in [1.807, 2.05) is 26.2 Å². The zero-order valence-electron chi connectivity index (χ0n) is 13.9. The minimum absolute atomic E-state index is 0. The van der Waals surface area contributed by atoms with Crippen molar-refractivity contribution in [2.24, 2.45) is 4.99 Å². The highest BCUT2D eigenvalue weighted by Crippen LogP contribution is 2.13. The summed E-state index contributed by atoms with van der Waals surface area (Å²) >= 11 is 0. The van der Waals surface area contributed by atoms with Gasteiger partial charge in [0.1, 0.15) is 5.76 Å². The number of hydrogen-bond acceptors (Lipinski definition) is 3. The topological polar surface area (TPSA) is 52.8 Å². The second-order valence-electron chi connectivity index (χ2n) is 5.19. The monoisotopic (exact) mass is 428 g/mol. The van der Waals surface area contributed by atoms with Crippen molar-refractivity contribution in [3.8, 4) is 0 Å². The molecule has 0 atom stereocenters. The predicted molar refractivity (Wildman–Crippen MR) is 107 cm³/mol. The molecule has 0 aliphatic heterocycles. The van der Waals surface area contributed by atoms with Gasteiger partial charge < -0.3 is 20.0 Å². The highest BCUT2D eigenvalue weighted by atomic mass is 127. The van der Waals surface area contributed by atoms with Crippen molar-refractivity contribution in [3.05, 3.63) is 54.0 Å². The van der Waals surface area contributed by atoms with Gasteiger partial charge in [-0.1, -0.05) is 12.1 Å². The van der Waals surface area contributed by atoms with Crippen LogP contribution >= 0.6 is 24.0 Å². The van der Waals surface area contributed by atoms with E-state index in [-0.39, 0.29) is 24.0 Å². The smallest absolute Gasteiger partial charge is 0.191 e. The van der Waals surface area contributed by atoms with Crippen LogP contribution in [0.25, 0.3) is 0 Å². The molecule has 2 aromatic rings. The molecular formula is C17H25IN4O. The van der Waals surface area contributed by atoms with Gasteiger partial charge in [-0.15, -0.1) is 24.0 Å². The standard InChI is InChI=1S/C17H24N4O.HI/c1-4-18-17(20-13-16-9-6-10-22-16)19-12-14-7-5-8-15(11-14)21(2)3;/h5-11H,4,12-13H2,1-3H3,(H2,18,19,20);1H. The van der Waals surface area contributed by atoms with Gasteiger partial charge in [-0.05, 0) is 36.8 Å². The first-order valence-electron chi connectivity index (χ1n) is 7.50. The molecule has 0 unspecified atom stereocenters. The maximum atomic E-state index is 5.32. The molecule has 1 aromatic carbocycles. The summed E-state index contributed by atoms with van der Waals surface area (Å²) in [4.78, 5) is 6.71. The molecule has 2 N–H and O–H groups in total. The van der Waals surface area contributed by atoms with E-state index in [4.69, 9.17) is 4.42 Å². The summed E-state index contributed by atoms with van der Waals surface area (Å²) in [6, 6.07) is 12.2. The zero-order valence-corrected chi connectivity index (χ0v) is 16.2. The number of benzene rings is 1. The number of anilines is 1. The Kier molecular flexibility index (Phi) is 8.53. The van der Waals surface area contributed by atoms with E-state index in [0.717, 1.165) is 18.3 Å². The maximum Gasteiger partial charge on any atom is 0.191 e. The number of halogens is 1. The van der Waals surface area contributed by atoms with Gasteiger partial charge in [-0.3, -0.25) is 0 Å². The maximum absolute atomic E-state index is 5.32. The highest BCUT2D eigenvalue weighted by molar-refractivity contribution is 14.0. The van der Waals surface area contributed by atoms with Crippen LogP contribution in [0.5, 0.6) is 0 Å². The number of hydrogen-bond donors (Lipinski definition) is 2. The van der Waals surface area contributed by atoms with Gasteiger partial charge in [-0.25, -0.2) is 4.99 Å². The Hall–Kier alpha value is -1.70. The van der Waals surface area contributed by atoms with Gasteiger partial charge in [0.15, 0.2) is 5.96 Å². The number of aliphatic imine (C=N–C) groups is 1. The number of nitrogens with one attached hydrogen (secondary N) is 2. The van der Waals surface area contributed by atoms with Crippen molar-refractivity contribution in [2.45, 2.75) is 20.0 Å². The van der Waals surface area contributed by atoms with Crippen molar-refractivity contribution in [3.63, 3.8) is 0 Å². The average molecular weight is 428 g/mol. The van der Waals surface area contributed by atoms with Crippen molar-refractivity contribution in [2.75, 3.05) is 25.5 Å². The quantitative estimate of drug-likeness (QED) is 0.422. The summed E-state index contributed by atoms with van der Waals surface area (Å²) in [5, 5.41) is 6.50. The lowest BCUT2D eigenvalue weighted by Crippen LogP contribution is -2.36. The molecule has 0 fully saturated rings. The summed E-state index contributed by atoms with van der Waals surface area (Å²) in [6.07, 6.45) is 1.67. The largest absolute Gasteiger partial charge is 0.467 e. The van der Waals surface area contributed by atoms with Crippen LogP contribution in [0.4, 0.5) is 5.69 Å². The first-order valence-corrected chi connectivity index (χ1v) is 7.50. The summed E-state index contributed by atoms with van der Waals surface area (Å²) in [5.74, 6) is 1.68. The second-order valence-corrected chi connectivity index (χ2v) is 5.19. The van der Waals surface area contributed by atoms with Crippen LogP contribution < -0.4 is 15.5 Å². The van der Waals surface area contributed by atoms with Crippen LogP contribution in [0.15, 0.2) is 52.1 Å². The molecule has 1 heterocycles. The molecule has 0 spiro atoms. The Morgan fingerprint density at radius 3 is 2.65 bits per heavy atom. The molecule has 0 bridgehead atoms. The van der Waals surface area contributed by atoms with Crippen LogP contribution in [0.3, 0.4) is 0 Å². The first-order chi connectivity index (χ1) is 10.7. The van der Waals surface area contributed by atoms with Gasteiger partial charge in [0, 0.05) is 26.3 Å². The highest BCUT2D eigenvalue weighted by Gasteiger charge is 2.01. The van der Waals surface area contributed by atoms with E-state index >= 15 is 0 Å². The van der Waals surface area contributed by atoms with Crippen molar-refractivity contribution >= 4 is 35.6 Å². The number of furan rings is 1. The van der Waals surface area contributed by atoms with Crippen LogP contribution in [0.2, 0.25) is 0 Å². The van der Waals surface area contributed by atoms with Crippen LogP contribution in [0, 0.1) is 0 Å². The van der Waals surface area contributed by atoms with Gasteiger partial charge in [0.25, 0.3) is 0 Å². The van der Waals surface area contributed by atoms with Gasteiger partial charge >= 0.3 is 0 Å². The van der Waals surface area contributed by atoms with Gasteiger partial charge in [0.2, 0.25) is 0 Å². The summed E-state index contributed by atoms with van der Waals surface area (Å²) in [7, 11) is 4.08. The molecule has 0 aliphatic carbocycles. The molecular weight excluding hydrogens is 403 g/mol. The third-order valence-corrected chi connectivity index (χ3v) is 3.20. The molecule has 0 radical (unpaired) electrons. The SMILES string of the molecule is CCNC(=NCc1cccc(N(C)C)c1)NCc1ccco1.I. The fourth-order valence-corrected chi connectivity index (χ4v) is 2.03. The van der Waals surface area contributed by atoms with Crippen LogP contribution in [-0.4, -0.2) is 26.6 Å². The van der Waals surface area contributed by atoms with E-state index in [0.29, 0.717) is 13.1 Å². The second kappa shape index (κ2) is 10.1. The molecule has 0 aliphatic rings. The molecule has 5 nitrogen and oxygen atoms in total. The minimum Gasteiger partial charge on any atom is -0.467 e. The average Bonchev–Trinajstić information content (AvgIpc) is 3.03. The lowest BCUT2D eigenvalue weighted by atomic mass is 10.2. The summed E-state index contributed by atoms with van der Waals surface area (Å²) in [5.41, 5.74) is 2.36. The molecule has 126 valence electrons. The Balaban J connectivity index is 0.00000264. The fourth-order valence-electron chi connectivity index (χ4n) is 2.03. The Morgan fingerprint density at radius 2 is 2.00 bits per heavy atom. The molecule has 1 aromatic heterocycles. The number of guanidine groups is 1. The summed E-state index contributed by atoms with van der Waals surface area (Å²) < 4.78 is 5.32. The lowest BCUT2D eigenvalue weighted by Gasteiger charge is -2.13. The lowest BCUT2D eigenvalue weighted by molar-refractivity contribution is 0.501. The molecule has 0 saturated heterocycles.